The first kappa shape index (κ1) is 11.7. The molecule has 0 saturated carbocycles. The maximum absolute atomic E-state index is 9.44. The molecule has 2 N–H and O–H groups in total. The van der Waals surface area contributed by atoms with E-state index < -0.39 is 0 Å². The minimum absolute atomic E-state index is 0.0417. The SMILES string of the molecule is Cc1ccccc1NC(CO)c1cnn(C)c1. The Balaban J connectivity index is 2.18. The molecule has 1 unspecified atom stereocenters. The first-order chi connectivity index (χ1) is 8.20. The van der Waals surface area contributed by atoms with Crippen LogP contribution in [0.1, 0.15) is 17.2 Å². The van der Waals surface area contributed by atoms with Crippen molar-refractivity contribution in [2.45, 2.75) is 13.0 Å². The zero-order valence-corrected chi connectivity index (χ0v) is 10.1. The summed E-state index contributed by atoms with van der Waals surface area (Å²) in [6, 6.07) is 7.91. The van der Waals surface area contributed by atoms with Crippen LogP contribution in [0.15, 0.2) is 36.7 Å². The average Bonchev–Trinajstić information content (AvgIpc) is 2.75. The highest BCUT2D eigenvalue weighted by Crippen LogP contribution is 2.21. The minimum Gasteiger partial charge on any atom is -0.394 e. The van der Waals surface area contributed by atoms with Crippen LogP contribution < -0.4 is 5.32 Å². The fourth-order valence-electron chi connectivity index (χ4n) is 1.78. The number of rotatable bonds is 4. The van der Waals surface area contributed by atoms with E-state index in [2.05, 4.69) is 10.4 Å². The number of benzene rings is 1. The van der Waals surface area contributed by atoms with E-state index in [1.165, 1.54) is 0 Å². The van der Waals surface area contributed by atoms with Crippen LogP contribution in [0, 0.1) is 6.92 Å². The van der Waals surface area contributed by atoms with Gasteiger partial charge in [-0.2, -0.15) is 5.10 Å². The molecule has 1 aromatic heterocycles. The number of anilines is 1. The fourth-order valence-corrected chi connectivity index (χ4v) is 1.78. The molecular formula is C13H17N3O. The molecule has 17 heavy (non-hydrogen) atoms. The second-order valence-electron chi connectivity index (χ2n) is 4.14. The Morgan fingerprint density at radius 1 is 1.41 bits per heavy atom. The van der Waals surface area contributed by atoms with Gasteiger partial charge in [0.2, 0.25) is 0 Å². The smallest absolute Gasteiger partial charge is 0.0775 e. The van der Waals surface area contributed by atoms with Gasteiger partial charge in [0.05, 0.1) is 18.8 Å². The third-order valence-electron chi connectivity index (χ3n) is 2.78. The lowest BCUT2D eigenvalue weighted by molar-refractivity contribution is 0.276. The normalized spacial score (nSPS) is 12.4. The van der Waals surface area contributed by atoms with Crippen molar-refractivity contribution < 1.29 is 5.11 Å². The van der Waals surface area contributed by atoms with E-state index in [0.29, 0.717) is 0 Å². The van der Waals surface area contributed by atoms with Crippen LogP contribution in [0.2, 0.25) is 0 Å². The summed E-state index contributed by atoms with van der Waals surface area (Å²) < 4.78 is 1.73. The highest BCUT2D eigenvalue weighted by molar-refractivity contribution is 5.51. The lowest BCUT2D eigenvalue weighted by Gasteiger charge is -2.17. The second-order valence-corrected chi connectivity index (χ2v) is 4.14. The summed E-state index contributed by atoms with van der Waals surface area (Å²) in [4.78, 5) is 0. The molecule has 0 fully saturated rings. The summed E-state index contributed by atoms with van der Waals surface area (Å²) in [6.07, 6.45) is 3.68. The van der Waals surface area contributed by atoms with Gasteiger partial charge in [0.15, 0.2) is 0 Å². The highest BCUT2D eigenvalue weighted by atomic mass is 16.3. The molecule has 0 amide bonds. The summed E-state index contributed by atoms with van der Waals surface area (Å²) in [7, 11) is 1.87. The minimum atomic E-state index is -0.121. The van der Waals surface area contributed by atoms with Crippen molar-refractivity contribution in [2.24, 2.45) is 7.05 Å². The van der Waals surface area contributed by atoms with Crippen molar-refractivity contribution in [3.8, 4) is 0 Å². The van der Waals surface area contributed by atoms with Crippen LogP contribution in [-0.2, 0) is 7.05 Å². The number of para-hydroxylation sites is 1. The van der Waals surface area contributed by atoms with Gasteiger partial charge in [0.1, 0.15) is 0 Å². The summed E-state index contributed by atoms with van der Waals surface area (Å²) in [5.41, 5.74) is 3.18. The van der Waals surface area contributed by atoms with Gasteiger partial charge in [0.25, 0.3) is 0 Å². The van der Waals surface area contributed by atoms with Gasteiger partial charge in [0, 0.05) is 24.5 Å². The van der Waals surface area contributed by atoms with Crippen molar-refractivity contribution in [3.05, 3.63) is 47.8 Å². The van der Waals surface area contributed by atoms with Gasteiger partial charge in [-0.3, -0.25) is 4.68 Å². The molecule has 1 heterocycles. The molecule has 1 aromatic carbocycles. The number of aliphatic hydroxyl groups excluding tert-OH is 1. The van der Waals surface area contributed by atoms with Gasteiger partial charge in [-0.25, -0.2) is 0 Å². The molecule has 90 valence electrons. The third-order valence-corrected chi connectivity index (χ3v) is 2.78. The van der Waals surface area contributed by atoms with E-state index in [1.807, 2.05) is 44.4 Å². The quantitative estimate of drug-likeness (QED) is 0.844. The van der Waals surface area contributed by atoms with E-state index in [-0.39, 0.29) is 12.6 Å². The molecular weight excluding hydrogens is 214 g/mol. The molecule has 0 aliphatic carbocycles. The molecule has 0 spiro atoms. The van der Waals surface area contributed by atoms with Gasteiger partial charge in [-0.05, 0) is 18.6 Å². The van der Waals surface area contributed by atoms with Gasteiger partial charge in [-0.1, -0.05) is 18.2 Å². The lowest BCUT2D eigenvalue weighted by atomic mass is 10.1. The maximum atomic E-state index is 9.44. The number of nitrogens with zero attached hydrogens (tertiary/aromatic N) is 2. The molecule has 0 bridgehead atoms. The monoisotopic (exact) mass is 231 g/mol. The summed E-state index contributed by atoms with van der Waals surface area (Å²) in [5, 5.41) is 16.9. The maximum Gasteiger partial charge on any atom is 0.0775 e. The van der Waals surface area contributed by atoms with Gasteiger partial charge >= 0.3 is 0 Å². The molecule has 0 aliphatic heterocycles. The van der Waals surface area contributed by atoms with Crippen molar-refractivity contribution in [2.75, 3.05) is 11.9 Å². The van der Waals surface area contributed by atoms with Crippen molar-refractivity contribution in [1.29, 1.82) is 0 Å². The van der Waals surface area contributed by atoms with Crippen molar-refractivity contribution in [1.82, 2.24) is 9.78 Å². The van der Waals surface area contributed by atoms with E-state index >= 15 is 0 Å². The Bertz CT molecular complexity index is 493. The fraction of sp³-hybridized carbons (Fsp3) is 0.308. The molecule has 2 rings (SSSR count). The van der Waals surface area contributed by atoms with Gasteiger partial charge in [-0.15, -0.1) is 0 Å². The zero-order chi connectivity index (χ0) is 12.3. The van der Waals surface area contributed by atoms with E-state index in [0.717, 1.165) is 16.8 Å². The predicted molar refractivity (Wildman–Crippen MR) is 67.8 cm³/mol. The number of aromatic nitrogens is 2. The number of aliphatic hydroxyl groups is 1. The Labute approximate surface area is 101 Å². The first-order valence-corrected chi connectivity index (χ1v) is 5.62. The highest BCUT2D eigenvalue weighted by Gasteiger charge is 2.12. The van der Waals surface area contributed by atoms with Crippen LogP contribution in [0.3, 0.4) is 0 Å². The molecule has 4 nitrogen and oxygen atoms in total. The molecule has 0 radical (unpaired) electrons. The van der Waals surface area contributed by atoms with Crippen LogP contribution in [-0.4, -0.2) is 21.5 Å². The molecule has 4 heteroatoms. The van der Waals surface area contributed by atoms with Gasteiger partial charge < -0.3 is 10.4 Å². The molecule has 2 aromatic rings. The number of aryl methyl sites for hydroxylation is 2. The van der Waals surface area contributed by atoms with E-state index in [4.69, 9.17) is 0 Å². The van der Waals surface area contributed by atoms with Crippen molar-refractivity contribution in [3.63, 3.8) is 0 Å². The van der Waals surface area contributed by atoms with Crippen molar-refractivity contribution >= 4 is 5.69 Å². The largest absolute Gasteiger partial charge is 0.394 e. The Morgan fingerprint density at radius 3 is 2.76 bits per heavy atom. The van der Waals surface area contributed by atoms with E-state index in [9.17, 15) is 5.11 Å². The topological polar surface area (TPSA) is 50.1 Å². The third kappa shape index (κ3) is 2.65. The first-order valence-electron chi connectivity index (χ1n) is 5.62. The lowest BCUT2D eigenvalue weighted by Crippen LogP contribution is -2.14. The summed E-state index contributed by atoms with van der Waals surface area (Å²) >= 11 is 0. The van der Waals surface area contributed by atoms with Crippen LogP contribution in [0.4, 0.5) is 5.69 Å². The average molecular weight is 231 g/mol. The Hall–Kier alpha value is -1.81. The van der Waals surface area contributed by atoms with Crippen LogP contribution in [0.25, 0.3) is 0 Å². The van der Waals surface area contributed by atoms with Crippen LogP contribution >= 0.6 is 0 Å². The number of hydrogen-bond acceptors (Lipinski definition) is 3. The Morgan fingerprint density at radius 2 is 2.18 bits per heavy atom. The number of hydrogen-bond donors (Lipinski definition) is 2. The molecule has 0 aliphatic rings. The Kier molecular flexibility index (Phi) is 3.44. The number of nitrogens with one attached hydrogen (secondary N) is 1. The summed E-state index contributed by atoms with van der Waals surface area (Å²) in [5.74, 6) is 0. The van der Waals surface area contributed by atoms with E-state index in [1.54, 1.807) is 10.9 Å². The molecule has 1 atom stereocenters. The predicted octanol–water partition coefficient (Wildman–Crippen LogP) is 1.87. The standard InChI is InChI=1S/C13H17N3O/c1-10-5-3-4-6-12(10)15-13(9-17)11-7-14-16(2)8-11/h3-8,13,15,17H,9H2,1-2H3. The summed E-state index contributed by atoms with van der Waals surface area (Å²) in [6.45, 7) is 2.08. The zero-order valence-electron chi connectivity index (χ0n) is 10.1. The van der Waals surface area contributed by atoms with Crippen LogP contribution in [0.5, 0.6) is 0 Å². The molecule has 0 saturated heterocycles. The second kappa shape index (κ2) is 5.01.